The molecule has 0 spiro atoms. The summed E-state index contributed by atoms with van der Waals surface area (Å²) in [7, 11) is 5.66. The van der Waals surface area contributed by atoms with Gasteiger partial charge in [-0.25, -0.2) is 4.98 Å². The molecule has 0 atom stereocenters. The third kappa shape index (κ3) is 3.78. The van der Waals surface area contributed by atoms with Crippen LogP contribution in [0.1, 0.15) is 13.8 Å². The zero-order valence-electron chi connectivity index (χ0n) is 12.0. The van der Waals surface area contributed by atoms with E-state index in [2.05, 4.69) is 15.6 Å². The van der Waals surface area contributed by atoms with Gasteiger partial charge < -0.3 is 15.5 Å². The molecule has 0 radical (unpaired) electrons. The van der Waals surface area contributed by atoms with Crippen LogP contribution in [0.5, 0.6) is 0 Å². The van der Waals surface area contributed by atoms with Crippen molar-refractivity contribution in [1.82, 2.24) is 9.88 Å². The molecule has 0 aromatic carbocycles. The van der Waals surface area contributed by atoms with E-state index in [-0.39, 0.29) is 17.0 Å². The third-order valence-corrected chi connectivity index (χ3v) is 3.23. The van der Waals surface area contributed by atoms with E-state index in [0.29, 0.717) is 12.4 Å². The Morgan fingerprint density at radius 1 is 1.42 bits per heavy atom. The summed E-state index contributed by atoms with van der Waals surface area (Å²) in [5, 5.41) is 16.9. The molecule has 7 nitrogen and oxygen atoms in total. The average Bonchev–Trinajstić information content (AvgIpc) is 2.35. The molecule has 0 fully saturated rings. The summed E-state index contributed by atoms with van der Waals surface area (Å²) < 4.78 is 0. The first kappa shape index (κ1) is 15.2. The third-order valence-electron chi connectivity index (χ3n) is 3.23. The fourth-order valence-corrected chi connectivity index (χ4v) is 1.33. The molecule has 0 aliphatic carbocycles. The molecule has 0 amide bonds. The highest BCUT2D eigenvalue weighted by atomic mass is 16.6. The highest BCUT2D eigenvalue weighted by Gasteiger charge is 2.23. The summed E-state index contributed by atoms with van der Waals surface area (Å²) in [6.07, 6.45) is 0. The van der Waals surface area contributed by atoms with E-state index in [1.54, 1.807) is 13.1 Å². The first-order valence-electron chi connectivity index (χ1n) is 6.02. The fourth-order valence-electron chi connectivity index (χ4n) is 1.33. The lowest BCUT2D eigenvalue weighted by Crippen LogP contribution is -2.44. The number of likely N-dealkylation sites (N-methyl/N-ethyl adjacent to an activating group) is 1. The molecule has 1 heterocycles. The minimum absolute atomic E-state index is 0.0199. The number of aromatic nitrogens is 1. The molecule has 0 aliphatic rings. The van der Waals surface area contributed by atoms with Gasteiger partial charge in [-0.05, 0) is 34.0 Å². The van der Waals surface area contributed by atoms with Crippen molar-refractivity contribution < 1.29 is 4.92 Å². The van der Waals surface area contributed by atoms with Gasteiger partial charge in [0.15, 0.2) is 0 Å². The summed E-state index contributed by atoms with van der Waals surface area (Å²) in [6.45, 7) is 4.66. The van der Waals surface area contributed by atoms with Crippen molar-refractivity contribution in [2.45, 2.75) is 19.4 Å². The second kappa shape index (κ2) is 5.83. The van der Waals surface area contributed by atoms with Crippen molar-refractivity contribution in [1.29, 1.82) is 0 Å². The molecule has 1 rings (SSSR count). The van der Waals surface area contributed by atoms with Gasteiger partial charge in [-0.1, -0.05) is 0 Å². The predicted octanol–water partition coefficient (Wildman–Crippen LogP) is 1.78. The number of nitro groups is 1. The number of pyridine rings is 1. The van der Waals surface area contributed by atoms with Gasteiger partial charge in [0.1, 0.15) is 5.82 Å². The van der Waals surface area contributed by atoms with E-state index in [1.807, 2.05) is 32.8 Å². The van der Waals surface area contributed by atoms with Crippen LogP contribution in [-0.2, 0) is 0 Å². The van der Waals surface area contributed by atoms with Crippen LogP contribution < -0.4 is 10.6 Å². The topological polar surface area (TPSA) is 83.3 Å². The summed E-state index contributed by atoms with van der Waals surface area (Å²) in [5.74, 6) is 0.877. The van der Waals surface area contributed by atoms with E-state index in [1.165, 1.54) is 6.07 Å². The van der Waals surface area contributed by atoms with Gasteiger partial charge in [0, 0.05) is 25.2 Å². The SMILES string of the molecule is CNc1ccc([N+](=O)[O-])c(NCC(C)(C)N(C)C)n1. The van der Waals surface area contributed by atoms with Crippen molar-refractivity contribution in [3.63, 3.8) is 0 Å². The first-order valence-corrected chi connectivity index (χ1v) is 6.02. The Kier molecular flexibility index (Phi) is 4.66. The zero-order valence-corrected chi connectivity index (χ0v) is 12.0. The lowest BCUT2D eigenvalue weighted by atomic mass is 10.0. The van der Waals surface area contributed by atoms with Crippen LogP contribution in [0, 0.1) is 10.1 Å². The second-order valence-electron chi connectivity index (χ2n) is 5.13. The van der Waals surface area contributed by atoms with Crippen LogP contribution in [0.25, 0.3) is 0 Å². The van der Waals surface area contributed by atoms with Crippen LogP contribution in [0.4, 0.5) is 17.3 Å². The largest absolute Gasteiger partial charge is 0.373 e. The zero-order chi connectivity index (χ0) is 14.6. The van der Waals surface area contributed by atoms with E-state index < -0.39 is 4.92 Å². The van der Waals surface area contributed by atoms with E-state index >= 15 is 0 Å². The second-order valence-corrected chi connectivity index (χ2v) is 5.13. The molecular weight excluding hydrogens is 246 g/mol. The van der Waals surface area contributed by atoms with Gasteiger partial charge in [0.2, 0.25) is 5.82 Å². The molecule has 0 aliphatic heterocycles. The van der Waals surface area contributed by atoms with Crippen molar-refractivity contribution in [2.75, 3.05) is 38.3 Å². The Balaban J connectivity index is 2.95. The minimum Gasteiger partial charge on any atom is -0.373 e. The maximum Gasteiger partial charge on any atom is 0.311 e. The number of hydrogen-bond donors (Lipinski definition) is 2. The Morgan fingerprint density at radius 3 is 2.53 bits per heavy atom. The molecule has 2 N–H and O–H groups in total. The Bertz CT molecular complexity index is 459. The molecule has 0 bridgehead atoms. The summed E-state index contributed by atoms with van der Waals surface area (Å²) >= 11 is 0. The summed E-state index contributed by atoms with van der Waals surface area (Å²) in [6, 6.07) is 3.03. The maximum atomic E-state index is 11.0. The molecule has 1 aromatic rings. The quantitative estimate of drug-likeness (QED) is 0.604. The van der Waals surface area contributed by atoms with Crippen LogP contribution in [0.3, 0.4) is 0 Å². The number of hydrogen-bond acceptors (Lipinski definition) is 6. The van der Waals surface area contributed by atoms with Crippen LogP contribution in [0.2, 0.25) is 0 Å². The fraction of sp³-hybridized carbons (Fsp3) is 0.583. The normalized spacial score (nSPS) is 11.5. The molecule has 106 valence electrons. The highest BCUT2D eigenvalue weighted by molar-refractivity contribution is 5.60. The summed E-state index contributed by atoms with van der Waals surface area (Å²) in [4.78, 5) is 16.8. The Hall–Kier alpha value is -1.89. The van der Waals surface area contributed by atoms with Crippen molar-refractivity contribution in [2.24, 2.45) is 0 Å². The highest BCUT2D eigenvalue weighted by Crippen LogP contribution is 2.24. The van der Waals surface area contributed by atoms with E-state index in [0.717, 1.165) is 0 Å². The van der Waals surface area contributed by atoms with Gasteiger partial charge in [0.05, 0.1) is 4.92 Å². The minimum atomic E-state index is -0.433. The maximum absolute atomic E-state index is 11.0. The van der Waals surface area contributed by atoms with Crippen molar-refractivity contribution >= 4 is 17.3 Å². The molecule has 0 saturated heterocycles. The number of rotatable bonds is 6. The smallest absolute Gasteiger partial charge is 0.311 e. The Labute approximate surface area is 113 Å². The molecule has 1 aromatic heterocycles. The van der Waals surface area contributed by atoms with E-state index in [9.17, 15) is 10.1 Å². The number of anilines is 2. The van der Waals surface area contributed by atoms with E-state index in [4.69, 9.17) is 0 Å². The monoisotopic (exact) mass is 267 g/mol. The van der Waals surface area contributed by atoms with Crippen LogP contribution >= 0.6 is 0 Å². The van der Waals surface area contributed by atoms with Gasteiger partial charge in [-0.15, -0.1) is 0 Å². The van der Waals surface area contributed by atoms with Gasteiger partial charge in [-0.3, -0.25) is 10.1 Å². The lowest BCUT2D eigenvalue weighted by Gasteiger charge is -2.32. The molecule has 0 unspecified atom stereocenters. The van der Waals surface area contributed by atoms with Gasteiger partial charge >= 0.3 is 5.69 Å². The van der Waals surface area contributed by atoms with Crippen LogP contribution in [0.15, 0.2) is 12.1 Å². The predicted molar refractivity (Wildman–Crippen MR) is 76.7 cm³/mol. The summed E-state index contributed by atoms with van der Waals surface area (Å²) in [5.41, 5.74) is -0.154. The van der Waals surface area contributed by atoms with Crippen LogP contribution in [-0.4, -0.2) is 48.0 Å². The molecular formula is C12H21N5O2. The lowest BCUT2D eigenvalue weighted by molar-refractivity contribution is -0.384. The van der Waals surface area contributed by atoms with Gasteiger partial charge in [-0.2, -0.15) is 0 Å². The van der Waals surface area contributed by atoms with Crippen molar-refractivity contribution in [3.8, 4) is 0 Å². The van der Waals surface area contributed by atoms with Gasteiger partial charge in [0.25, 0.3) is 0 Å². The molecule has 0 saturated carbocycles. The Morgan fingerprint density at radius 2 is 2.05 bits per heavy atom. The first-order chi connectivity index (χ1) is 8.77. The molecule has 7 heteroatoms. The average molecular weight is 267 g/mol. The number of nitrogens with one attached hydrogen (secondary N) is 2. The molecule has 19 heavy (non-hydrogen) atoms. The number of nitrogens with zero attached hydrogens (tertiary/aromatic N) is 3. The standard InChI is InChI=1S/C12H21N5O2/c1-12(2,16(4)5)8-14-11-9(17(18)19)6-7-10(13-3)15-11/h6-7H,8H2,1-5H3,(H2,13,14,15). The van der Waals surface area contributed by atoms with Crippen molar-refractivity contribution in [3.05, 3.63) is 22.2 Å².